The zero-order chi connectivity index (χ0) is 8.81. The summed E-state index contributed by atoms with van der Waals surface area (Å²) in [6.45, 7) is 2.97. The third kappa shape index (κ3) is 2.67. The lowest BCUT2D eigenvalue weighted by Crippen LogP contribution is -2.46. The van der Waals surface area contributed by atoms with Gasteiger partial charge in [-0.15, -0.1) is 0 Å². The number of amides is 1. The van der Waals surface area contributed by atoms with Gasteiger partial charge in [0.25, 0.3) is 0 Å². The van der Waals surface area contributed by atoms with Crippen molar-refractivity contribution in [3.63, 3.8) is 0 Å². The minimum Gasteiger partial charge on any atom is -0.447 e. The number of hydrogen-bond acceptors (Lipinski definition) is 4. The van der Waals surface area contributed by atoms with Gasteiger partial charge in [-0.25, -0.2) is 4.79 Å². The molecular formula is C7H14N2O3. The molecule has 1 aliphatic heterocycles. The van der Waals surface area contributed by atoms with Crippen molar-refractivity contribution in [3.05, 3.63) is 0 Å². The Morgan fingerprint density at radius 1 is 1.50 bits per heavy atom. The largest absolute Gasteiger partial charge is 0.447 e. The number of rotatable bonds is 2. The quantitative estimate of drug-likeness (QED) is 0.565. The van der Waals surface area contributed by atoms with Crippen molar-refractivity contribution in [3.8, 4) is 0 Å². The SMILES string of the molecule is O=C(OCCO)N1CCNCC1. The smallest absolute Gasteiger partial charge is 0.409 e. The van der Waals surface area contributed by atoms with Crippen LogP contribution in [0.5, 0.6) is 0 Å². The molecule has 0 spiro atoms. The molecule has 2 N–H and O–H groups in total. The topological polar surface area (TPSA) is 61.8 Å². The van der Waals surface area contributed by atoms with Gasteiger partial charge in [0.2, 0.25) is 0 Å². The zero-order valence-electron chi connectivity index (χ0n) is 6.95. The molecule has 12 heavy (non-hydrogen) atoms. The van der Waals surface area contributed by atoms with Crippen LogP contribution in [0.25, 0.3) is 0 Å². The van der Waals surface area contributed by atoms with Crippen molar-refractivity contribution in [2.75, 3.05) is 39.4 Å². The van der Waals surface area contributed by atoms with Gasteiger partial charge in [-0.2, -0.15) is 0 Å². The Morgan fingerprint density at radius 3 is 2.75 bits per heavy atom. The van der Waals surface area contributed by atoms with E-state index in [1.54, 1.807) is 4.90 Å². The van der Waals surface area contributed by atoms with Gasteiger partial charge in [0.1, 0.15) is 6.61 Å². The van der Waals surface area contributed by atoms with Gasteiger partial charge in [0, 0.05) is 26.2 Å². The van der Waals surface area contributed by atoms with Gasteiger partial charge < -0.3 is 20.1 Å². The minimum absolute atomic E-state index is 0.0861. The molecule has 70 valence electrons. The van der Waals surface area contributed by atoms with Crippen LogP contribution in [-0.2, 0) is 4.74 Å². The van der Waals surface area contributed by atoms with Crippen LogP contribution in [0.3, 0.4) is 0 Å². The summed E-state index contributed by atoms with van der Waals surface area (Å²) in [4.78, 5) is 12.8. The summed E-state index contributed by atoms with van der Waals surface area (Å²) in [6, 6.07) is 0. The predicted molar refractivity (Wildman–Crippen MR) is 42.9 cm³/mol. The Hall–Kier alpha value is -0.810. The molecule has 1 amide bonds. The van der Waals surface area contributed by atoms with E-state index >= 15 is 0 Å². The number of aliphatic hydroxyl groups excluding tert-OH is 1. The molecule has 1 saturated heterocycles. The molecule has 0 aromatic carbocycles. The summed E-state index contributed by atoms with van der Waals surface area (Å²) in [6.07, 6.45) is -0.328. The molecule has 0 aromatic rings. The highest BCUT2D eigenvalue weighted by Gasteiger charge is 2.16. The van der Waals surface area contributed by atoms with E-state index in [0.29, 0.717) is 13.1 Å². The number of hydrogen-bond donors (Lipinski definition) is 2. The van der Waals surface area contributed by atoms with Crippen LogP contribution in [0.15, 0.2) is 0 Å². The molecule has 1 aliphatic rings. The summed E-state index contributed by atoms with van der Waals surface area (Å²) in [5, 5.41) is 11.5. The third-order valence-corrected chi connectivity index (χ3v) is 1.69. The molecule has 0 saturated carbocycles. The number of piperazine rings is 1. The Bertz CT molecular complexity index is 146. The monoisotopic (exact) mass is 174 g/mol. The molecule has 0 bridgehead atoms. The van der Waals surface area contributed by atoms with Gasteiger partial charge in [-0.3, -0.25) is 0 Å². The van der Waals surface area contributed by atoms with E-state index in [9.17, 15) is 4.79 Å². The van der Waals surface area contributed by atoms with Crippen molar-refractivity contribution in [1.29, 1.82) is 0 Å². The fourth-order valence-electron chi connectivity index (χ4n) is 1.07. The van der Waals surface area contributed by atoms with Gasteiger partial charge in [-0.1, -0.05) is 0 Å². The van der Waals surface area contributed by atoms with Crippen molar-refractivity contribution >= 4 is 6.09 Å². The van der Waals surface area contributed by atoms with E-state index in [-0.39, 0.29) is 19.3 Å². The average Bonchev–Trinajstić information content (AvgIpc) is 2.15. The summed E-state index contributed by atoms with van der Waals surface area (Å²) in [7, 11) is 0. The molecule has 0 atom stereocenters. The number of carbonyl (C=O) groups is 1. The number of aliphatic hydroxyl groups is 1. The minimum atomic E-state index is -0.328. The second-order valence-electron chi connectivity index (χ2n) is 2.58. The molecule has 5 heteroatoms. The zero-order valence-corrected chi connectivity index (χ0v) is 6.95. The van der Waals surface area contributed by atoms with Crippen molar-refractivity contribution in [1.82, 2.24) is 10.2 Å². The number of nitrogens with zero attached hydrogens (tertiary/aromatic N) is 1. The molecule has 1 fully saturated rings. The second kappa shape index (κ2) is 4.95. The van der Waals surface area contributed by atoms with Crippen molar-refractivity contribution in [2.45, 2.75) is 0 Å². The summed E-state index contributed by atoms with van der Waals surface area (Å²) in [5.74, 6) is 0. The van der Waals surface area contributed by atoms with E-state index in [1.165, 1.54) is 0 Å². The Kier molecular flexibility index (Phi) is 3.83. The van der Waals surface area contributed by atoms with Gasteiger partial charge >= 0.3 is 6.09 Å². The number of ether oxygens (including phenoxy) is 1. The molecule has 1 heterocycles. The molecular weight excluding hydrogens is 160 g/mol. The van der Waals surface area contributed by atoms with Crippen LogP contribution in [-0.4, -0.2) is 55.5 Å². The molecule has 0 radical (unpaired) electrons. The molecule has 0 aromatic heterocycles. The van der Waals surface area contributed by atoms with E-state index < -0.39 is 0 Å². The highest BCUT2D eigenvalue weighted by molar-refractivity contribution is 5.67. The lowest BCUT2D eigenvalue weighted by Gasteiger charge is -2.26. The van der Waals surface area contributed by atoms with Crippen LogP contribution in [0.2, 0.25) is 0 Å². The first-order valence-corrected chi connectivity index (χ1v) is 4.08. The maximum absolute atomic E-state index is 11.1. The van der Waals surface area contributed by atoms with Crippen molar-refractivity contribution in [2.24, 2.45) is 0 Å². The average molecular weight is 174 g/mol. The number of carbonyl (C=O) groups excluding carboxylic acids is 1. The van der Waals surface area contributed by atoms with E-state index in [1.807, 2.05) is 0 Å². The van der Waals surface area contributed by atoms with Gasteiger partial charge in [-0.05, 0) is 0 Å². The summed E-state index contributed by atoms with van der Waals surface area (Å²) < 4.78 is 4.74. The molecule has 0 unspecified atom stereocenters. The van der Waals surface area contributed by atoms with Crippen LogP contribution >= 0.6 is 0 Å². The highest BCUT2D eigenvalue weighted by Crippen LogP contribution is 1.95. The van der Waals surface area contributed by atoms with Crippen molar-refractivity contribution < 1.29 is 14.6 Å². The standard InChI is InChI=1S/C7H14N2O3/c10-5-6-12-7(11)9-3-1-8-2-4-9/h8,10H,1-6H2. The Labute approximate surface area is 71.3 Å². The maximum atomic E-state index is 11.1. The van der Waals surface area contributed by atoms with Gasteiger partial charge in [0.05, 0.1) is 6.61 Å². The summed E-state index contributed by atoms with van der Waals surface area (Å²) in [5.41, 5.74) is 0. The normalized spacial score (nSPS) is 17.6. The van der Waals surface area contributed by atoms with Crippen LogP contribution in [0.1, 0.15) is 0 Å². The van der Waals surface area contributed by atoms with Crippen LogP contribution in [0.4, 0.5) is 4.79 Å². The van der Waals surface area contributed by atoms with Crippen LogP contribution in [0, 0.1) is 0 Å². The molecule has 0 aliphatic carbocycles. The lowest BCUT2D eigenvalue weighted by atomic mass is 10.4. The Balaban J connectivity index is 2.20. The first-order valence-electron chi connectivity index (χ1n) is 4.08. The van der Waals surface area contributed by atoms with Gasteiger partial charge in [0.15, 0.2) is 0 Å². The van der Waals surface area contributed by atoms with Crippen LogP contribution < -0.4 is 5.32 Å². The predicted octanol–water partition coefficient (Wildman–Crippen LogP) is -0.979. The third-order valence-electron chi connectivity index (χ3n) is 1.69. The first kappa shape index (κ1) is 9.28. The molecule has 5 nitrogen and oxygen atoms in total. The second-order valence-corrected chi connectivity index (χ2v) is 2.58. The fraction of sp³-hybridized carbons (Fsp3) is 0.857. The Morgan fingerprint density at radius 2 is 2.17 bits per heavy atom. The van der Waals surface area contributed by atoms with E-state index in [0.717, 1.165) is 13.1 Å². The highest BCUT2D eigenvalue weighted by atomic mass is 16.6. The fourth-order valence-corrected chi connectivity index (χ4v) is 1.07. The van der Waals surface area contributed by atoms with E-state index in [4.69, 9.17) is 9.84 Å². The lowest BCUT2D eigenvalue weighted by molar-refractivity contribution is 0.0807. The maximum Gasteiger partial charge on any atom is 0.409 e. The number of nitrogens with one attached hydrogen (secondary N) is 1. The molecule has 1 rings (SSSR count). The van der Waals surface area contributed by atoms with E-state index in [2.05, 4.69) is 5.32 Å². The first-order chi connectivity index (χ1) is 5.84. The summed E-state index contributed by atoms with van der Waals surface area (Å²) >= 11 is 0.